The van der Waals surface area contributed by atoms with Crippen LogP contribution in [0.15, 0.2) is 36.5 Å². The summed E-state index contributed by atoms with van der Waals surface area (Å²) in [6.45, 7) is 6.50. The molecule has 6 nitrogen and oxygen atoms in total. The lowest BCUT2D eigenvalue weighted by atomic mass is 10.0. The molecule has 0 fully saturated rings. The third-order valence-electron chi connectivity index (χ3n) is 10.7. The highest BCUT2D eigenvalue weighted by molar-refractivity contribution is 5.71. The first-order valence-corrected chi connectivity index (χ1v) is 24.5. The zero-order chi connectivity index (χ0) is 41.5. The highest BCUT2D eigenvalue weighted by atomic mass is 16.6. The van der Waals surface area contributed by atoms with Crippen molar-refractivity contribution in [2.45, 2.75) is 258 Å². The minimum Gasteiger partial charge on any atom is -0.462 e. The molecule has 0 aliphatic carbocycles. The molecule has 0 aromatic carbocycles. The van der Waals surface area contributed by atoms with Gasteiger partial charge in [0.05, 0.1) is 0 Å². The van der Waals surface area contributed by atoms with Gasteiger partial charge in [-0.05, 0) is 38.5 Å². The summed E-state index contributed by atoms with van der Waals surface area (Å²) in [6, 6.07) is 0. The summed E-state index contributed by atoms with van der Waals surface area (Å²) in [5.74, 6) is -0.887. The Bertz CT molecular complexity index is 969. The van der Waals surface area contributed by atoms with Gasteiger partial charge in [0.2, 0.25) is 0 Å². The molecule has 0 amide bonds. The van der Waals surface area contributed by atoms with Crippen LogP contribution in [0.2, 0.25) is 0 Å². The fourth-order valence-electron chi connectivity index (χ4n) is 7.03. The van der Waals surface area contributed by atoms with E-state index >= 15 is 0 Å². The van der Waals surface area contributed by atoms with Gasteiger partial charge in [0.1, 0.15) is 13.2 Å². The van der Waals surface area contributed by atoms with E-state index in [4.69, 9.17) is 14.2 Å². The maximum absolute atomic E-state index is 12.7. The number of hydrogen-bond donors (Lipinski definition) is 0. The van der Waals surface area contributed by atoms with Gasteiger partial charge in [-0.15, -0.1) is 0 Å². The maximum Gasteiger partial charge on any atom is 0.306 e. The van der Waals surface area contributed by atoms with Crippen LogP contribution in [0.25, 0.3) is 0 Å². The highest BCUT2D eigenvalue weighted by Crippen LogP contribution is 2.16. The van der Waals surface area contributed by atoms with Crippen LogP contribution in [-0.4, -0.2) is 37.2 Å². The normalized spacial score (nSPS) is 12.3. The number of unbranched alkanes of at least 4 members (excludes halogenated alkanes) is 29. The molecule has 0 heterocycles. The van der Waals surface area contributed by atoms with Crippen molar-refractivity contribution in [1.29, 1.82) is 0 Å². The third kappa shape index (κ3) is 44.6. The van der Waals surface area contributed by atoms with Crippen molar-refractivity contribution < 1.29 is 28.6 Å². The maximum atomic E-state index is 12.7. The molecule has 1 atom stereocenters. The predicted octanol–water partition coefficient (Wildman–Crippen LogP) is 15.8. The molecule has 0 bridgehead atoms. The minimum atomic E-state index is -0.774. The lowest BCUT2D eigenvalue weighted by Gasteiger charge is -2.18. The molecular formula is C51H92O6. The molecule has 6 heteroatoms. The molecule has 0 saturated heterocycles. The van der Waals surface area contributed by atoms with E-state index in [1.807, 2.05) is 0 Å². The molecular weight excluding hydrogens is 709 g/mol. The van der Waals surface area contributed by atoms with Crippen molar-refractivity contribution in [2.24, 2.45) is 0 Å². The number of ether oxygens (including phenoxy) is 3. The second-order valence-corrected chi connectivity index (χ2v) is 16.4. The van der Waals surface area contributed by atoms with Crippen LogP contribution in [0.1, 0.15) is 252 Å². The molecule has 0 radical (unpaired) electrons. The first-order valence-electron chi connectivity index (χ1n) is 24.5. The van der Waals surface area contributed by atoms with Gasteiger partial charge >= 0.3 is 17.9 Å². The van der Waals surface area contributed by atoms with E-state index in [1.54, 1.807) is 0 Å². The Balaban J connectivity index is 4.37. The monoisotopic (exact) mass is 801 g/mol. The standard InChI is InChI=1S/C51H92O6/c1-4-7-10-13-16-19-22-25-28-31-34-37-40-43-49(52)55-46-48(57-51(54)45-42-39-36-33-30-27-24-21-18-15-12-9-6-3)47-56-50(53)44-41-38-35-32-29-26-23-20-17-14-11-8-5-2/h7,10,13,16,19,22,48H,4-6,8-9,11-12,14-15,17-18,20-21,23-47H2,1-3H3/b10-7-,16-13-,22-19-. The average molecular weight is 801 g/mol. The van der Waals surface area contributed by atoms with Crippen molar-refractivity contribution >= 4 is 17.9 Å². The van der Waals surface area contributed by atoms with E-state index in [0.717, 1.165) is 83.5 Å². The van der Waals surface area contributed by atoms with Crippen LogP contribution in [-0.2, 0) is 28.6 Å². The summed E-state index contributed by atoms with van der Waals surface area (Å²) in [4.78, 5) is 37.8. The number of allylic oxidation sites excluding steroid dienone is 6. The van der Waals surface area contributed by atoms with Crippen LogP contribution >= 0.6 is 0 Å². The molecule has 0 spiro atoms. The molecule has 0 aromatic heterocycles. The van der Waals surface area contributed by atoms with Crippen LogP contribution in [0, 0.1) is 0 Å². The van der Waals surface area contributed by atoms with E-state index in [1.165, 1.54) is 128 Å². The van der Waals surface area contributed by atoms with E-state index in [-0.39, 0.29) is 31.1 Å². The van der Waals surface area contributed by atoms with Crippen LogP contribution in [0.4, 0.5) is 0 Å². The lowest BCUT2D eigenvalue weighted by Crippen LogP contribution is -2.30. The Labute approximate surface area is 353 Å². The summed E-state index contributed by atoms with van der Waals surface area (Å²) in [7, 11) is 0. The smallest absolute Gasteiger partial charge is 0.306 e. The van der Waals surface area contributed by atoms with Gasteiger partial charge in [0, 0.05) is 19.3 Å². The summed E-state index contributed by atoms with van der Waals surface area (Å²) in [5, 5.41) is 0. The van der Waals surface area contributed by atoms with Crippen molar-refractivity contribution in [3.63, 3.8) is 0 Å². The molecule has 0 saturated carbocycles. The van der Waals surface area contributed by atoms with Crippen molar-refractivity contribution in [2.75, 3.05) is 13.2 Å². The number of rotatable bonds is 44. The predicted molar refractivity (Wildman–Crippen MR) is 242 cm³/mol. The summed E-state index contributed by atoms with van der Waals surface area (Å²) in [6.07, 6.45) is 52.6. The first kappa shape index (κ1) is 54.6. The van der Waals surface area contributed by atoms with Gasteiger partial charge in [0.15, 0.2) is 6.10 Å². The summed E-state index contributed by atoms with van der Waals surface area (Å²) in [5.41, 5.74) is 0. The van der Waals surface area contributed by atoms with Crippen molar-refractivity contribution in [1.82, 2.24) is 0 Å². The third-order valence-corrected chi connectivity index (χ3v) is 10.7. The van der Waals surface area contributed by atoms with Gasteiger partial charge in [-0.2, -0.15) is 0 Å². The lowest BCUT2D eigenvalue weighted by molar-refractivity contribution is -0.167. The van der Waals surface area contributed by atoms with Gasteiger partial charge < -0.3 is 14.2 Å². The molecule has 1 unspecified atom stereocenters. The fraction of sp³-hybridized carbons (Fsp3) is 0.824. The van der Waals surface area contributed by atoms with E-state index in [0.29, 0.717) is 19.3 Å². The average Bonchev–Trinajstić information content (AvgIpc) is 3.21. The molecule has 57 heavy (non-hydrogen) atoms. The molecule has 332 valence electrons. The Morgan fingerprint density at radius 3 is 1.05 bits per heavy atom. The highest BCUT2D eigenvalue weighted by Gasteiger charge is 2.19. The molecule has 0 aliphatic rings. The van der Waals surface area contributed by atoms with Crippen LogP contribution < -0.4 is 0 Å². The van der Waals surface area contributed by atoms with Gasteiger partial charge in [-0.1, -0.05) is 231 Å². The van der Waals surface area contributed by atoms with Crippen LogP contribution in [0.5, 0.6) is 0 Å². The number of carbonyl (C=O) groups is 3. The topological polar surface area (TPSA) is 78.9 Å². The Kier molecular flexibility index (Phi) is 44.4. The first-order chi connectivity index (χ1) is 28.0. The van der Waals surface area contributed by atoms with E-state index < -0.39 is 6.10 Å². The van der Waals surface area contributed by atoms with E-state index in [9.17, 15) is 14.4 Å². The summed E-state index contributed by atoms with van der Waals surface area (Å²) >= 11 is 0. The van der Waals surface area contributed by atoms with Gasteiger partial charge in [-0.3, -0.25) is 14.4 Å². The number of carbonyl (C=O) groups excluding carboxylic acids is 3. The molecule has 0 rings (SSSR count). The quantitative estimate of drug-likeness (QED) is 0.0264. The number of hydrogen-bond acceptors (Lipinski definition) is 6. The largest absolute Gasteiger partial charge is 0.462 e. The zero-order valence-corrected chi connectivity index (χ0v) is 37.9. The van der Waals surface area contributed by atoms with Gasteiger partial charge in [-0.25, -0.2) is 0 Å². The van der Waals surface area contributed by atoms with Gasteiger partial charge in [0.25, 0.3) is 0 Å². The summed E-state index contributed by atoms with van der Waals surface area (Å²) < 4.78 is 16.7. The van der Waals surface area contributed by atoms with E-state index in [2.05, 4.69) is 57.2 Å². The SMILES string of the molecule is CC\C=C/C=C\C=C/CCCCCCCC(=O)OCC(COC(=O)CCCCCCCCCCCCCCC)OC(=O)CCCCCCCCCCCCCCC. The minimum absolute atomic E-state index is 0.0748. The van der Waals surface area contributed by atoms with Crippen molar-refractivity contribution in [3.8, 4) is 0 Å². The molecule has 0 aliphatic heterocycles. The second-order valence-electron chi connectivity index (χ2n) is 16.4. The zero-order valence-electron chi connectivity index (χ0n) is 37.9. The fourth-order valence-corrected chi connectivity index (χ4v) is 7.03. The Hall–Kier alpha value is -2.37. The Morgan fingerprint density at radius 1 is 0.368 bits per heavy atom. The molecule has 0 N–H and O–H groups in total. The molecule has 0 aromatic rings. The Morgan fingerprint density at radius 2 is 0.684 bits per heavy atom. The second kappa shape index (κ2) is 46.3. The number of esters is 3. The van der Waals surface area contributed by atoms with Crippen LogP contribution in [0.3, 0.4) is 0 Å². The van der Waals surface area contributed by atoms with Crippen molar-refractivity contribution in [3.05, 3.63) is 36.5 Å².